The standard InChI is InChI=1S/C28H22N3/c1-15-13-16(2)26-22(17(15)3)27-24-25(29-14-30(27)4)19-10-6-5-9-18(19)23-20-11-7-8-12-21(20)31(26)28(23)24/h5-14H,1-4H3/q+1. The van der Waals surface area contributed by atoms with E-state index in [2.05, 4.69) is 91.4 Å². The highest BCUT2D eigenvalue weighted by Gasteiger charge is 2.27. The fraction of sp³-hybridized carbons (Fsp3) is 0.143. The Morgan fingerprint density at radius 2 is 1.45 bits per heavy atom. The first kappa shape index (κ1) is 17.0. The number of rotatable bonds is 0. The monoisotopic (exact) mass is 400 g/mol. The van der Waals surface area contributed by atoms with Gasteiger partial charge in [-0.05, 0) is 60.0 Å². The van der Waals surface area contributed by atoms with E-state index < -0.39 is 0 Å². The summed E-state index contributed by atoms with van der Waals surface area (Å²) >= 11 is 0. The topological polar surface area (TPSA) is 21.2 Å². The summed E-state index contributed by atoms with van der Waals surface area (Å²) in [6, 6.07) is 19.9. The van der Waals surface area contributed by atoms with Crippen LogP contribution in [0.25, 0.3) is 59.9 Å². The molecule has 0 N–H and O–H groups in total. The molecule has 0 aliphatic rings. The van der Waals surface area contributed by atoms with Crippen LogP contribution in [-0.2, 0) is 7.05 Å². The molecule has 0 bridgehead atoms. The highest BCUT2D eigenvalue weighted by molar-refractivity contribution is 6.36. The number of hydrogen-bond donors (Lipinski definition) is 0. The lowest BCUT2D eigenvalue weighted by molar-refractivity contribution is -0.646. The minimum atomic E-state index is 1.09. The van der Waals surface area contributed by atoms with Gasteiger partial charge in [0.05, 0.1) is 29.0 Å². The zero-order chi connectivity index (χ0) is 21.0. The minimum absolute atomic E-state index is 1.09. The molecule has 148 valence electrons. The largest absolute Gasteiger partial charge is 0.307 e. The highest BCUT2D eigenvalue weighted by atomic mass is 15.0. The van der Waals surface area contributed by atoms with Crippen molar-refractivity contribution in [1.29, 1.82) is 0 Å². The maximum Gasteiger partial charge on any atom is 0.287 e. The van der Waals surface area contributed by atoms with Gasteiger partial charge in [-0.1, -0.05) is 42.5 Å². The molecule has 0 saturated carbocycles. The predicted octanol–water partition coefficient (Wildman–Crippen LogP) is 6.29. The molecule has 3 aromatic heterocycles. The van der Waals surface area contributed by atoms with Crippen molar-refractivity contribution in [3.8, 4) is 0 Å². The van der Waals surface area contributed by atoms with Crippen LogP contribution in [-0.4, -0.2) is 9.38 Å². The maximum absolute atomic E-state index is 4.96. The number of aryl methyl sites for hydroxylation is 4. The molecule has 0 amide bonds. The van der Waals surface area contributed by atoms with Crippen molar-refractivity contribution in [2.45, 2.75) is 20.8 Å². The number of benzene rings is 4. The van der Waals surface area contributed by atoms with E-state index in [1.54, 1.807) is 0 Å². The first-order valence-corrected chi connectivity index (χ1v) is 10.8. The van der Waals surface area contributed by atoms with Crippen molar-refractivity contribution in [3.63, 3.8) is 0 Å². The average Bonchev–Trinajstić information content (AvgIpc) is 3.13. The van der Waals surface area contributed by atoms with Crippen molar-refractivity contribution in [3.05, 3.63) is 77.6 Å². The van der Waals surface area contributed by atoms with Gasteiger partial charge in [-0.2, -0.15) is 0 Å². The van der Waals surface area contributed by atoms with Gasteiger partial charge in [-0.3, -0.25) is 0 Å². The molecule has 0 saturated heterocycles. The first-order valence-electron chi connectivity index (χ1n) is 10.8. The maximum atomic E-state index is 4.96. The molecule has 7 aromatic rings. The fourth-order valence-electron chi connectivity index (χ4n) is 5.83. The predicted molar refractivity (Wildman–Crippen MR) is 129 cm³/mol. The minimum Gasteiger partial charge on any atom is -0.307 e. The number of fused-ring (bicyclic) bond motifs is 9. The Morgan fingerprint density at radius 1 is 0.742 bits per heavy atom. The molecule has 4 aromatic carbocycles. The van der Waals surface area contributed by atoms with Crippen molar-refractivity contribution >= 4 is 59.9 Å². The lowest BCUT2D eigenvalue weighted by Crippen LogP contribution is -2.30. The van der Waals surface area contributed by atoms with Crippen LogP contribution in [0, 0.1) is 20.8 Å². The Kier molecular flexibility index (Phi) is 3.02. The van der Waals surface area contributed by atoms with E-state index in [4.69, 9.17) is 4.98 Å². The normalized spacial score (nSPS) is 12.5. The summed E-state index contributed by atoms with van der Waals surface area (Å²) in [5.74, 6) is 0. The molecular formula is C28H22N3+. The Balaban J connectivity index is 2.06. The SMILES string of the molecule is Cc1cc(C)c2c(c1C)c1c3c(nc[n+]1C)c1ccccc1c1c4ccccc4n2c13. The second-order valence-electron chi connectivity index (χ2n) is 8.91. The molecule has 0 radical (unpaired) electrons. The molecule has 0 atom stereocenters. The summed E-state index contributed by atoms with van der Waals surface area (Å²) in [5, 5.41) is 7.72. The number of para-hydroxylation sites is 1. The molecule has 0 spiro atoms. The summed E-state index contributed by atoms with van der Waals surface area (Å²) in [6.07, 6.45) is 1.98. The second kappa shape index (κ2) is 5.50. The van der Waals surface area contributed by atoms with E-state index in [0.717, 1.165) is 5.52 Å². The van der Waals surface area contributed by atoms with E-state index in [1.807, 2.05) is 6.33 Å². The molecule has 3 heteroatoms. The van der Waals surface area contributed by atoms with Crippen LogP contribution in [0.15, 0.2) is 60.9 Å². The van der Waals surface area contributed by atoms with E-state index in [0.29, 0.717) is 0 Å². The van der Waals surface area contributed by atoms with Gasteiger partial charge in [0.15, 0.2) is 5.52 Å². The van der Waals surface area contributed by atoms with Crippen molar-refractivity contribution in [1.82, 2.24) is 9.38 Å². The number of aromatic nitrogens is 3. The van der Waals surface area contributed by atoms with Crippen molar-refractivity contribution in [2.75, 3.05) is 0 Å². The molecule has 0 fully saturated rings. The van der Waals surface area contributed by atoms with E-state index >= 15 is 0 Å². The van der Waals surface area contributed by atoms with Gasteiger partial charge in [0.25, 0.3) is 6.33 Å². The Labute approximate surface area is 179 Å². The molecule has 0 aliphatic carbocycles. The van der Waals surface area contributed by atoms with Crippen LogP contribution in [0.5, 0.6) is 0 Å². The van der Waals surface area contributed by atoms with Crippen molar-refractivity contribution in [2.24, 2.45) is 7.05 Å². The van der Waals surface area contributed by atoms with Gasteiger partial charge in [0, 0.05) is 21.5 Å². The summed E-state index contributed by atoms with van der Waals surface area (Å²) in [6.45, 7) is 6.73. The first-order chi connectivity index (χ1) is 15.1. The summed E-state index contributed by atoms with van der Waals surface area (Å²) in [4.78, 5) is 4.96. The number of pyridine rings is 1. The van der Waals surface area contributed by atoms with Crippen LogP contribution >= 0.6 is 0 Å². The number of nitrogens with zero attached hydrogens (tertiary/aromatic N) is 3. The molecule has 0 aliphatic heterocycles. The van der Waals surface area contributed by atoms with Gasteiger partial charge in [0.2, 0.25) is 0 Å². The van der Waals surface area contributed by atoms with Gasteiger partial charge < -0.3 is 4.40 Å². The van der Waals surface area contributed by atoms with Crippen LogP contribution in [0.1, 0.15) is 16.7 Å². The average molecular weight is 401 g/mol. The molecule has 3 heterocycles. The van der Waals surface area contributed by atoms with Crippen molar-refractivity contribution < 1.29 is 4.57 Å². The van der Waals surface area contributed by atoms with Crippen LogP contribution < -0.4 is 4.57 Å². The van der Waals surface area contributed by atoms with E-state index in [1.165, 1.54) is 71.1 Å². The van der Waals surface area contributed by atoms with Gasteiger partial charge >= 0.3 is 0 Å². The highest BCUT2D eigenvalue weighted by Crippen LogP contribution is 2.45. The fourth-order valence-corrected chi connectivity index (χ4v) is 5.83. The van der Waals surface area contributed by atoms with Gasteiger partial charge in [0.1, 0.15) is 5.52 Å². The Hall–Kier alpha value is -3.72. The lowest BCUT2D eigenvalue weighted by atomic mass is 9.94. The molecule has 31 heavy (non-hydrogen) atoms. The van der Waals surface area contributed by atoms with E-state index in [-0.39, 0.29) is 0 Å². The van der Waals surface area contributed by atoms with Crippen LogP contribution in [0.3, 0.4) is 0 Å². The third-order valence-corrected chi connectivity index (χ3v) is 7.22. The smallest absolute Gasteiger partial charge is 0.287 e. The third-order valence-electron chi connectivity index (χ3n) is 7.22. The molecule has 3 nitrogen and oxygen atoms in total. The summed E-state index contributed by atoms with van der Waals surface area (Å²) in [7, 11) is 2.13. The zero-order valence-corrected chi connectivity index (χ0v) is 18.1. The lowest BCUT2D eigenvalue weighted by Gasteiger charge is -2.17. The quantitative estimate of drug-likeness (QED) is 0.167. The summed E-state index contributed by atoms with van der Waals surface area (Å²) in [5.41, 5.74) is 10.2. The number of hydrogen-bond acceptors (Lipinski definition) is 1. The van der Waals surface area contributed by atoms with Crippen LogP contribution in [0.4, 0.5) is 0 Å². The molecule has 0 unspecified atom stereocenters. The Bertz CT molecular complexity index is 1870. The molecule has 7 rings (SSSR count). The zero-order valence-electron chi connectivity index (χ0n) is 18.1. The van der Waals surface area contributed by atoms with Crippen LogP contribution in [0.2, 0.25) is 0 Å². The Morgan fingerprint density at radius 3 is 2.26 bits per heavy atom. The second-order valence-corrected chi connectivity index (χ2v) is 8.91. The van der Waals surface area contributed by atoms with Gasteiger partial charge in [-0.15, -0.1) is 0 Å². The van der Waals surface area contributed by atoms with Gasteiger partial charge in [-0.25, -0.2) is 4.57 Å². The summed E-state index contributed by atoms with van der Waals surface area (Å²) < 4.78 is 4.72. The molecular weight excluding hydrogens is 378 g/mol. The van der Waals surface area contributed by atoms with E-state index in [9.17, 15) is 0 Å². The third kappa shape index (κ3) is 1.86.